The second-order valence-electron chi connectivity index (χ2n) is 13.7. The zero-order valence-corrected chi connectivity index (χ0v) is 22.6. The zero-order valence-electron chi connectivity index (χ0n) is 22.6. The summed E-state index contributed by atoms with van der Waals surface area (Å²) in [5, 5.41) is 0. The van der Waals surface area contributed by atoms with E-state index < -0.39 is 0 Å². The largest absolute Gasteiger partial charge is 0.0852 e. The van der Waals surface area contributed by atoms with E-state index in [1.54, 1.807) is 5.57 Å². The second-order valence-corrected chi connectivity index (χ2v) is 13.7. The van der Waals surface area contributed by atoms with Gasteiger partial charge in [-0.1, -0.05) is 90.8 Å². The predicted octanol–water partition coefficient (Wildman–Crippen LogP) is 9.63. The van der Waals surface area contributed by atoms with Crippen molar-refractivity contribution in [3.8, 4) is 0 Å². The van der Waals surface area contributed by atoms with Gasteiger partial charge in [0.15, 0.2) is 0 Å². The number of hydrogen-bond acceptors (Lipinski definition) is 0. The molecule has 0 bridgehead atoms. The summed E-state index contributed by atoms with van der Waals surface area (Å²) in [6, 6.07) is 0. The highest BCUT2D eigenvalue weighted by molar-refractivity contribution is 5.38. The molecule has 0 heterocycles. The van der Waals surface area contributed by atoms with Crippen LogP contribution in [0.3, 0.4) is 0 Å². The Morgan fingerprint density at radius 3 is 2.31 bits per heavy atom. The maximum absolute atomic E-state index is 2.67. The van der Waals surface area contributed by atoms with E-state index in [0.29, 0.717) is 22.7 Å². The molecule has 0 radical (unpaired) electrons. The van der Waals surface area contributed by atoms with Crippen molar-refractivity contribution in [3.05, 3.63) is 35.5 Å². The van der Waals surface area contributed by atoms with Gasteiger partial charge in [-0.2, -0.15) is 0 Å². The Labute approximate surface area is 200 Å². The summed E-state index contributed by atoms with van der Waals surface area (Å²) in [6.07, 6.45) is 21.8. The number of fused-ring (bicyclic) bond motifs is 5. The van der Waals surface area contributed by atoms with E-state index in [2.05, 4.69) is 79.7 Å². The maximum atomic E-state index is 2.67. The molecule has 3 saturated carbocycles. The van der Waals surface area contributed by atoms with Gasteiger partial charge in [0.05, 0.1) is 0 Å². The summed E-state index contributed by atoms with van der Waals surface area (Å²) in [5.41, 5.74) is 4.63. The van der Waals surface area contributed by atoms with Crippen molar-refractivity contribution in [2.24, 2.45) is 58.2 Å². The van der Waals surface area contributed by atoms with Gasteiger partial charge in [0.25, 0.3) is 0 Å². The number of allylic oxidation sites excluding steroid dienone is 6. The minimum Gasteiger partial charge on any atom is -0.0852 e. The second kappa shape index (κ2) is 9.11. The molecule has 0 N–H and O–H groups in total. The van der Waals surface area contributed by atoms with Crippen LogP contribution in [0.5, 0.6) is 0 Å². The van der Waals surface area contributed by atoms with Gasteiger partial charge in [-0.25, -0.2) is 0 Å². The van der Waals surface area contributed by atoms with Crippen molar-refractivity contribution in [1.29, 1.82) is 0 Å². The van der Waals surface area contributed by atoms with Crippen LogP contribution < -0.4 is 0 Å². The molecule has 4 aliphatic carbocycles. The third-order valence-corrected chi connectivity index (χ3v) is 11.0. The van der Waals surface area contributed by atoms with Gasteiger partial charge in [0, 0.05) is 0 Å². The van der Waals surface area contributed by atoms with E-state index in [4.69, 9.17) is 0 Å². The van der Waals surface area contributed by atoms with Crippen molar-refractivity contribution < 1.29 is 0 Å². The highest BCUT2D eigenvalue weighted by Crippen LogP contribution is 2.66. The maximum Gasteiger partial charge on any atom is -0.00474 e. The fraction of sp³-hybridized carbons (Fsp3) is 0.812. The Morgan fingerprint density at radius 2 is 1.62 bits per heavy atom. The molecule has 180 valence electrons. The molecule has 0 aromatic rings. The Kier molecular flexibility index (Phi) is 6.93. The molecule has 4 rings (SSSR count). The first kappa shape index (κ1) is 24.3. The average molecular weight is 437 g/mol. The Hall–Kier alpha value is -0.780. The highest BCUT2D eigenvalue weighted by atomic mass is 14.6. The summed E-state index contributed by atoms with van der Waals surface area (Å²) in [6.45, 7) is 19.7. The quantitative estimate of drug-likeness (QED) is 0.363. The van der Waals surface area contributed by atoms with E-state index in [1.807, 2.05) is 5.57 Å². The van der Waals surface area contributed by atoms with Crippen LogP contribution in [0.15, 0.2) is 35.5 Å². The van der Waals surface area contributed by atoms with E-state index in [0.717, 1.165) is 35.5 Å². The minimum absolute atomic E-state index is 0.454. The van der Waals surface area contributed by atoms with Crippen LogP contribution >= 0.6 is 0 Å². The van der Waals surface area contributed by atoms with E-state index in [1.165, 1.54) is 51.4 Å². The van der Waals surface area contributed by atoms with Crippen molar-refractivity contribution in [1.82, 2.24) is 0 Å². The van der Waals surface area contributed by atoms with Crippen molar-refractivity contribution in [2.75, 3.05) is 0 Å². The lowest BCUT2D eigenvalue weighted by atomic mass is 9.49. The average Bonchev–Trinajstić information content (AvgIpc) is 3.08. The fourth-order valence-corrected chi connectivity index (χ4v) is 8.56. The smallest absolute Gasteiger partial charge is 0.00474 e. The van der Waals surface area contributed by atoms with Gasteiger partial charge < -0.3 is 0 Å². The lowest BCUT2D eigenvalue weighted by Gasteiger charge is -2.55. The molecule has 3 fully saturated rings. The first-order valence-corrected chi connectivity index (χ1v) is 14.2. The Morgan fingerprint density at radius 1 is 0.875 bits per heavy atom. The molecule has 0 nitrogen and oxygen atoms in total. The van der Waals surface area contributed by atoms with Crippen LogP contribution in [-0.4, -0.2) is 0 Å². The van der Waals surface area contributed by atoms with Crippen molar-refractivity contribution in [3.63, 3.8) is 0 Å². The molecule has 0 spiro atoms. The minimum atomic E-state index is 0.454. The summed E-state index contributed by atoms with van der Waals surface area (Å²) >= 11 is 0. The molecule has 0 saturated heterocycles. The third-order valence-electron chi connectivity index (χ3n) is 11.0. The zero-order chi connectivity index (χ0) is 23.3. The van der Waals surface area contributed by atoms with Crippen LogP contribution in [0.25, 0.3) is 0 Å². The topological polar surface area (TPSA) is 0 Å². The molecule has 4 aliphatic rings. The van der Waals surface area contributed by atoms with Crippen molar-refractivity contribution in [2.45, 2.75) is 107 Å². The first-order valence-electron chi connectivity index (χ1n) is 14.2. The fourth-order valence-electron chi connectivity index (χ4n) is 8.56. The van der Waals surface area contributed by atoms with Gasteiger partial charge in [-0.05, 0) is 110 Å². The van der Waals surface area contributed by atoms with E-state index in [9.17, 15) is 0 Å². The highest BCUT2D eigenvalue weighted by Gasteiger charge is 2.56. The van der Waals surface area contributed by atoms with Gasteiger partial charge in [-0.3, -0.25) is 0 Å². The van der Waals surface area contributed by atoms with Gasteiger partial charge in [0.2, 0.25) is 0 Å². The molecule has 0 aromatic heterocycles. The molecular formula is C32H52. The van der Waals surface area contributed by atoms with Crippen LogP contribution in [-0.2, 0) is 0 Å². The first-order chi connectivity index (χ1) is 15.1. The lowest BCUT2D eigenvalue weighted by molar-refractivity contribution is 0.0520. The standard InChI is InChI=1S/C32H52/c1-21(2)19-25-15-17-31(7)26(20-25)11-12-27-29-14-13-28(32(29,8)18-16-30(27)31)24(6)10-9-23(5)22(3)4/h9-12,21-25,28-30H,13-20H2,1-8H3/b10-9+/t23-,24+,25?,28+,29-,30-,31-,32+/m0/s1. The SMILES string of the molecule is CC(C)CC1CC[C@@]2(C)C(=CC=C3[C@@H]4CC[C@H]([C@H](C)/C=C/[C@H](C)C(C)C)[C@@]4(C)CC[C@@H]32)C1. The predicted molar refractivity (Wildman–Crippen MR) is 140 cm³/mol. The molecule has 0 amide bonds. The monoisotopic (exact) mass is 436 g/mol. The lowest BCUT2D eigenvalue weighted by Crippen LogP contribution is -2.46. The summed E-state index contributed by atoms with van der Waals surface area (Å²) in [4.78, 5) is 0. The van der Waals surface area contributed by atoms with Gasteiger partial charge in [-0.15, -0.1) is 0 Å². The normalized spacial score (nSPS) is 41.2. The number of hydrogen-bond donors (Lipinski definition) is 0. The van der Waals surface area contributed by atoms with Crippen LogP contribution in [0.1, 0.15) is 107 Å². The summed E-state index contributed by atoms with van der Waals surface area (Å²) in [7, 11) is 0. The Bertz CT molecular complexity index is 763. The van der Waals surface area contributed by atoms with Gasteiger partial charge >= 0.3 is 0 Å². The molecule has 1 unspecified atom stereocenters. The van der Waals surface area contributed by atoms with Gasteiger partial charge in [0.1, 0.15) is 0 Å². The van der Waals surface area contributed by atoms with Crippen LogP contribution in [0.2, 0.25) is 0 Å². The van der Waals surface area contributed by atoms with Crippen LogP contribution in [0, 0.1) is 58.2 Å². The van der Waals surface area contributed by atoms with E-state index >= 15 is 0 Å². The van der Waals surface area contributed by atoms with E-state index in [-0.39, 0.29) is 0 Å². The molecule has 32 heavy (non-hydrogen) atoms. The summed E-state index contributed by atoms with van der Waals surface area (Å²) in [5.74, 6) is 6.41. The molecule has 0 aliphatic heterocycles. The Balaban J connectivity index is 1.54. The molecule has 0 heteroatoms. The number of rotatable bonds is 6. The van der Waals surface area contributed by atoms with Crippen LogP contribution in [0.4, 0.5) is 0 Å². The molecule has 8 atom stereocenters. The van der Waals surface area contributed by atoms with Crippen molar-refractivity contribution >= 4 is 0 Å². The molecule has 0 aromatic carbocycles. The summed E-state index contributed by atoms with van der Waals surface area (Å²) < 4.78 is 0. The molecular weight excluding hydrogens is 384 g/mol. The third kappa shape index (κ3) is 4.22.